The van der Waals surface area contributed by atoms with E-state index in [-0.39, 0.29) is 24.4 Å². The van der Waals surface area contributed by atoms with Crippen LogP contribution in [-0.2, 0) is 24.7 Å². The van der Waals surface area contributed by atoms with Gasteiger partial charge in [0.15, 0.2) is 0 Å². The molecular weight excluding hydrogens is 480 g/mol. The van der Waals surface area contributed by atoms with Crippen LogP contribution in [0.2, 0.25) is 5.02 Å². The number of aliphatic hydroxyl groups excluding tert-OH is 1. The van der Waals surface area contributed by atoms with Crippen molar-refractivity contribution in [2.75, 3.05) is 25.6 Å². The van der Waals surface area contributed by atoms with Crippen molar-refractivity contribution in [3.63, 3.8) is 0 Å². The first kappa shape index (κ1) is 23.4. The van der Waals surface area contributed by atoms with Crippen LogP contribution in [0.1, 0.15) is 17.2 Å². The number of hydrogen-bond donors (Lipinski definition) is 3. The Morgan fingerprint density at radius 1 is 1.20 bits per heavy atom. The minimum atomic E-state index is -1.78. The number of rotatable bonds is 6. The van der Waals surface area contributed by atoms with Gasteiger partial charge in [-0.25, -0.2) is 0 Å². The molecule has 2 aromatic rings. The SMILES string of the molecule is COCCN1C(=O)[C@@H]2[C@H]([C@H](O)c3ccc(Cl)cc3)N[C@@]3(C(=O)Nc4ccc([N+](=O)[O-])cc43)[C@H]2C1=O. The summed E-state index contributed by atoms with van der Waals surface area (Å²) < 4.78 is 5.04. The van der Waals surface area contributed by atoms with E-state index in [9.17, 15) is 29.6 Å². The fourth-order valence-corrected chi connectivity index (χ4v) is 5.56. The number of ether oxygens (including phenoxy) is 1. The van der Waals surface area contributed by atoms with Crippen LogP contribution < -0.4 is 10.6 Å². The summed E-state index contributed by atoms with van der Waals surface area (Å²) in [5.74, 6) is -4.09. The highest BCUT2D eigenvalue weighted by molar-refractivity contribution is 6.30. The molecule has 182 valence electrons. The van der Waals surface area contributed by atoms with Crippen LogP contribution in [0.25, 0.3) is 0 Å². The van der Waals surface area contributed by atoms with Crippen molar-refractivity contribution >= 4 is 40.7 Å². The van der Waals surface area contributed by atoms with Crippen molar-refractivity contribution in [2.24, 2.45) is 11.8 Å². The van der Waals surface area contributed by atoms with Crippen molar-refractivity contribution in [2.45, 2.75) is 17.7 Å². The second-order valence-electron chi connectivity index (χ2n) is 8.74. The Bertz CT molecular complexity index is 1250. The molecule has 0 saturated carbocycles. The summed E-state index contributed by atoms with van der Waals surface area (Å²) in [4.78, 5) is 52.4. The maximum atomic E-state index is 13.6. The number of non-ortho nitro benzene ring substituents is 1. The molecule has 3 aliphatic heterocycles. The van der Waals surface area contributed by atoms with E-state index in [4.69, 9.17) is 16.3 Å². The van der Waals surface area contributed by atoms with E-state index in [1.54, 1.807) is 24.3 Å². The number of imide groups is 1. The largest absolute Gasteiger partial charge is 0.387 e. The molecule has 0 aromatic heterocycles. The Balaban J connectivity index is 1.66. The zero-order valence-corrected chi connectivity index (χ0v) is 19.2. The van der Waals surface area contributed by atoms with Crippen LogP contribution in [0.4, 0.5) is 11.4 Å². The van der Waals surface area contributed by atoms with E-state index in [1.165, 1.54) is 25.3 Å². The minimum Gasteiger partial charge on any atom is -0.387 e. The number of nitrogens with zero attached hydrogens (tertiary/aromatic N) is 2. The van der Waals surface area contributed by atoms with Gasteiger partial charge >= 0.3 is 0 Å². The molecule has 2 fully saturated rings. The molecule has 0 radical (unpaired) electrons. The maximum absolute atomic E-state index is 13.6. The predicted molar refractivity (Wildman–Crippen MR) is 122 cm³/mol. The molecule has 3 aliphatic rings. The summed E-state index contributed by atoms with van der Waals surface area (Å²) in [6, 6.07) is 9.16. The normalized spacial score (nSPS) is 27.8. The van der Waals surface area contributed by atoms with Gasteiger partial charge in [-0.15, -0.1) is 0 Å². The van der Waals surface area contributed by atoms with Crippen LogP contribution in [0.5, 0.6) is 0 Å². The molecule has 5 atom stereocenters. The van der Waals surface area contributed by atoms with Gasteiger partial charge in [0.25, 0.3) is 5.69 Å². The number of hydrogen-bond acceptors (Lipinski definition) is 8. The first-order chi connectivity index (χ1) is 16.7. The van der Waals surface area contributed by atoms with Gasteiger partial charge in [0.05, 0.1) is 42.1 Å². The molecule has 3 N–H and O–H groups in total. The number of nitro groups is 1. The number of fused-ring (bicyclic) bond motifs is 4. The molecule has 11 nitrogen and oxygen atoms in total. The summed E-state index contributed by atoms with van der Waals surface area (Å²) in [6.45, 7) is 0.0699. The lowest BCUT2D eigenvalue weighted by atomic mass is 9.76. The number of benzene rings is 2. The fraction of sp³-hybridized carbons (Fsp3) is 0.348. The number of likely N-dealkylation sites (tertiary alicyclic amines) is 1. The predicted octanol–water partition coefficient (Wildman–Crippen LogP) is 1.35. The Morgan fingerprint density at radius 2 is 1.91 bits per heavy atom. The van der Waals surface area contributed by atoms with E-state index in [1.807, 2.05) is 0 Å². The third-order valence-corrected chi connectivity index (χ3v) is 7.26. The van der Waals surface area contributed by atoms with Crippen LogP contribution in [-0.4, -0.2) is 59.0 Å². The third kappa shape index (κ3) is 3.34. The summed E-state index contributed by atoms with van der Waals surface area (Å²) in [6.07, 6.45) is -1.28. The van der Waals surface area contributed by atoms with Crippen molar-refractivity contribution in [1.82, 2.24) is 10.2 Å². The summed E-state index contributed by atoms with van der Waals surface area (Å²) in [7, 11) is 1.43. The highest BCUT2D eigenvalue weighted by atomic mass is 35.5. The van der Waals surface area contributed by atoms with Gasteiger partial charge < -0.3 is 15.2 Å². The summed E-state index contributed by atoms with van der Waals surface area (Å²) in [5, 5.41) is 29.0. The molecule has 0 unspecified atom stereocenters. The molecule has 12 heteroatoms. The second-order valence-corrected chi connectivity index (χ2v) is 9.18. The lowest BCUT2D eigenvalue weighted by molar-refractivity contribution is -0.384. The van der Waals surface area contributed by atoms with Crippen molar-refractivity contribution in [1.29, 1.82) is 0 Å². The molecule has 0 bridgehead atoms. The number of carbonyl (C=O) groups excluding carboxylic acids is 3. The lowest BCUT2D eigenvalue weighted by Crippen LogP contribution is -2.54. The van der Waals surface area contributed by atoms with Gasteiger partial charge in [0.1, 0.15) is 5.54 Å². The highest BCUT2D eigenvalue weighted by Gasteiger charge is 2.71. The molecule has 2 saturated heterocycles. The summed E-state index contributed by atoms with van der Waals surface area (Å²) >= 11 is 5.97. The van der Waals surface area contributed by atoms with Crippen LogP contribution >= 0.6 is 11.6 Å². The Hall–Kier alpha value is -3.38. The zero-order valence-electron chi connectivity index (χ0n) is 18.4. The van der Waals surface area contributed by atoms with E-state index in [2.05, 4.69) is 10.6 Å². The molecule has 1 spiro atoms. The minimum absolute atomic E-state index is 0.0234. The number of halogens is 1. The van der Waals surface area contributed by atoms with Gasteiger partial charge in [-0.1, -0.05) is 23.7 Å². The average molecular weight is 501 g/mol. The lowest BCUT2D eigenvalue weighted by Gasteiger charge is -2.30. The van der Waals surface area contributed by atoms with Crippen molar-refractivity contribution in [3.05, 3.63) is 68.7 Å². The van der Waals surface area contributed by atoms with Crippen molar-refractivity contribution in [3.8, 4) is 0 Å². The van der Waals surface area contributed by atoms with E-state index in [0.717, 1.165) is 4.90 Å². The number of aliphatic hydroxyl groups is 1. The first-order valence-corrected chi connectivity index (χ1v) is 11.2. The first-order valence-electron chi connectivity index (χ1n) is 10.9. The number of anilines is 1. The molecule has 2 aromatic carbocycles. The van der Waals surface area contributed by atoms with Gasteiger partial charge in [0.2, 0.25) is 17.7 Å². The Kier molecular flexibility index (Phi) is 5.59. The van der Waals surface area contributed by atoms with E-state index in [0.29, 0.717) is 16.3 Å². The smallest absolute Gasteiger partial charge is 0.269 e. The van der Waals surface area contributed by atoms with Crippen LogP contribution in [0.15, 0.2) is 42.5 Å². The standard InChI is InChI=1S/C23H21ClN4O7/c1-35-9-8-27-20(30)16-17(21(27)31)23(26-18(16)19(29)11-2-4-12(24)5-3-11)14-10-13(28(33)34)6-7-15(14)25-22(23)32/h2-7,10,16-19,26,29H,8-9H2,1H3,(H,25,32)/t16-,17+,18+,19+,23+/m0/s1. The van der Waals surface area contributed by atoms with E-state index >= 15 is 0 Å². The molecule has 3 heterocycles. The topological polar surface area (TPSA) is 151 Å². The molecule has 3 amide bonds. The number of nitrogens with one attached hydrogen (secondary N) is 2. The van der Waals surface area contributed by atoms with Crippen LogP contribution in [0, 0.1) is 22.0 Å². The number of amides is 3. The highest BCUT2D eigenvalue weighted by Crippen LogP contribution is 2.55. The van der Waals surface area contributed by atoms with Gasteiger partial charge in [0, 0.05) is 35.5 Å². The molecule has 0 aliphatic carbocycles. The number of carbonyl (C=O) groups is 3. The fourth-order valence-electron chi connectivity index (χ4n) is 5.43. The van der Waals surface area contributed by atoms with Gasteiger partial charge in [-0.3, -0.25) is 34.7 Å². The summed E-state index contributed by atoms with van der Waals surface area (Å²) in [5.41, 5.74) is -1.14. The molecular formula is C23H21ClN4O7. The number of nitro benzene ring substituents is 1. The monoisotopic (exact) mass is 500 g/mol. The maximum Gasteiger partial charge on any atom is 0.269 e. The Morgan fingerprint density at radius 3 is 2.57 bits per heavy atom. The third-order valence-electron chi connectivity index (χ3n) is 7.01. The zero-order chi connectivity index (χ0) is 25.1. The van der Waals surface area contributed by atoms with Crippen molar-refractivity contribution < 1.29 is 29.2 Å². The molecule has 35 heavy (non-hydrogen) atoms. The van der Waals surface area contributed by atoms with Crippen LogP contribution in [0.3, 0.4) is 0 Å². The average Bonchev–Trinajstić information content (AvgIpc) is 3.42. The Labute approximate surface area is 204 Å². The number of methoxy groups -OCH3 is 1. The quantitative estimate of drug-likeness (QED) is 0.305. The van der Waals surface area contributed by atoms with E-state index < -0.39 is 52.2 Å². The van der Waals surface area contributed by atoms with Gasteiger partial charge in [-0.2, -0.15) is 0 Å². The second kappa shape index (κ2) is 8.38. The molecule has 5 rings (SSSR count). The van der Waals surface area contributed by atoms with Gasteiger partial charge in [-0.05, 0) is 23.8 Å².